The highest BCUT2D eigenvalue weighted by Crippen LogP contribution is 2.46. The van der Waals surface area contributed by atoms with Gasteiger partial charge in [-0.2, -0.15) is 0 Å². The molecular weight excluding hydrogens is 344 g/mol. The lowest BCUT2D eigenvalue weighted by Gasteiger charge is -2.27. The Kier molecular flexibility index (Phi) is 5.11. The van der Waals surface area contributed by atoms with Crippen LogP contribution in [0.1, 0.15) is 51.5 Å². The molecule has 28 heavy (non-hydrogen) atoms. The van der Waals surface area contributed by atoms with Crippen molar-refractivity contribution in [3.8, 4) is 16.9 Å². The van der Waals surface area contributed by atoms with Gasteiger partial charge in [0, 0.05) is 17.1 Å². The van der Waals surface area contributed by atoms with E-state index in [1.807, 2.05) is 12.3 Å². The maximum atomic E-state index is 6.46. The number of hydrogen-bond acceptors (Lipinski definition) is 3. The molecule has 3 nitrogen and oxygen atoms in total. The van der Waals surface area contributed by atoms with E-state index in [4.69, 9.17) is 10.5 Å². The van der Waals surface area contributed by atoms with Gasteiger partial charge in [0.05, 0.1) is 5.52 Å². The van der Waals surface area contributed by atoms with E-state index in [1.54, 1.807) is 0 Å². The summed E-state index contributed by atoms with van der Waals surface area (Å²) in [6.07, 6.45) is 5.28. The first-order chi connectivity index (χ1) is 13.4. The highest BCUT2D eigenvalue weighted by atomic mass is 16.5. The minimum absolute atomic E-state index is 0.311. The molecule has 0 bridgehead atoms. The van der Waals surface area contributed by atoms with Crippen molar-refractivity contribution in [2.24, 2.45) is 11.7 Å². The standard InChI is InChI=1S/C25H30N2O/c1-17(2)15-25(3,26)16-28-24-12-11-19(14-22(24)18-9-10-18)20-6-4-8-23-21(20)7-5-13-27-23/h4-8,11-14,17-18H,9-10,15-16,26H2,1-3H3. The molecule has 1 aliphatic rings. The quantitative estimate of drug-likeness (QED) is 0.558. The zero-order chi connectivity index (χ0) is 19.7. The third-order valence-electron chi connectivity index (χ3n) is 5.42. The summed E-state index contributed by atoms with van der Waals surface area (Å²) in [7, 11) is 0. The minimum atomic E-state index is -0.311. The molecule has 0 radical (unpaired) electrons. The van der Waals surface area contributed by atoms with Crippen molar-refractivity contribution in [3.63, 3.8) is 0 Å². The second kappa shape index (κ2) is 7.56. The summed E-state index contributed by atoms with van der Waals surface area (Å²) in [6.45, 7) is 7.03. The minimum Gasteiger partial charge on any atom is -0.491 e. The summed E-state index contributed by atoms with van der Waals surface area (Å²) < 4.78 is 6.25. The van der Waals surface area contributed by atoms with Crippen LogP contribution in [0.15, 0.2) is 54.7 Å². The Bertz CT molecular complexity index is 968. The lowest BCUT2D eigenvalue weighted by molar-refractivity contribution is 0.205. The van der Waals surface area contributed by atoms with Gasteiger partial charge in [-0.15, -0.1) is 0 Å². The molecule has 146 valence electrons. The first kappa shape index (κ1) is 18.9. The summed E-state index contributed by atoms with van der Waals surface area (Å²) in [5.41, 5.74) is 10.9. The number of ether oxygens (including phenoxy) is 1. The van der Waals surface area contributed by atoms with Crippen LogP contribution in [0.2, 0.25) is 0 Å². The van der Waals surface area contributed by atoms with E-state index in [2.05, 4.69) is 68.2 Å². The van der Waals surface area contributed by atoms with Crippen molar-refractivity contribution in [2.75, 3.05) is 6.61 Å². The van der Waals surface area contributed by atoms with Crippen molar-refractivity contribution in [2.45, 2.75) is 51.5 Å². The predicted octanol–water partition coefficient (Wildman–Crippen LogP) is 5.92. The molecule has 3 heteroatoms. The molecule has 1 fully saturated rings. The summed E-state index contributed by atoms with van der Waals surface area (Å²) in [5, 5.41) is 1.19. The molecule has 0 saturated heterocycles. The van der Waals surface area contributed by atoms with Crippen molar-refractivity contribution in [1.29, 1.82) is 0 Å². The average molecular weight is 375 g/mol. The molecule has 0 aliphatic heterocycles. The van der Waals surface area contributed by atoms with Gasteiger partial charge in [-0.05, 0) is 79.0 Å². The Morgan fingerprint density at radius 3 is 2.71 bits per heavy atom. The fourth-order valence-corrected chi connectivity index (χ4v) is 4.15. The average Bonchev–Trinajstić information content (AvgIpc) is 3.50. The second-order valence-electron chi connectivity index (χ2n) is 8.94. The van der Waals surface area contributed by atoms with Crippen molar-refractivity contribution >= 4 is 10.9 Å². The maximum Gasteiger partial charge on any atom is 0.122 e. The van der Waals surface area contributed by atoms with Crippen LogP contribution in [0.5, 0.6) is 5.75 Å². The van der Waals surface area contributed by atoms with Crippen LogP contribution in [-0.4, -0.2) is 17.1 Å². The highest BCUT2D eigenvalue weighted by Gasteiger charge is 2.28. The second-order valence-corrected chi connectivity index (χ2v) is 8.94. The fourth-order valence-electron chi connectivity index (χ4n) is 4.15. The van der Waals surface area contributed by atoms with Gasteiger partial charge in [0.1, 0.15) is 12.4 Å². The third kappa shape index (κ3) is 4.20. The number of nitrogens with zero attached hydrogens (tertiary/aromatic N) is 1. The normalized spacial score (nSPS) is 16.3. The first-order valence-electron chi connectivity index (χ1n) is 10.3. The SMILES string of the molecule is CC(C)CC(C)(N)COc1ccc(-c2cccc3ncccc23)cc1C1CC1. The van der Waals surface area contributed by atoms with Gasteiger partial charge in [-0.1, -0.05) is 38.1 Å². The van der Waals surface area contributed by atoms with Gasteiger partial charge >= 0.3 is 0 Å². The Labute approximate surface area is 167 Å². The third-order valence-corrected chi connectivity index (χ3v) is 5.42. The van der Waals surface area contributed by atoms with E-state index < -0.39 is 0 Å². The molecule has 1 atom stereocenters. The van der Waals surface area contributed by atoms with Gasteiger partial charge in [0.25, 0.3) is 0 Å². The van der Waals surface area contributed by atoms with Gasteiger partial charge in [-0.3, -0.25) is 4.98 Å². The lowest BCUT2D eigenvalue weighted by Crippen LogP contribution is -2.43. The summed E-state index contributed by atoms with van der Waals surface area (Å²) in [5.74, 6) is 2.16. The molecule has 1 aromatic heterocycles. The number of nitrogens with two attached hydrogens (primary N) is 1. The molecule has 0 amide bonds. The van der Waals surface area contributed by atoms with Crippen LogP contribution in [-0.2, 0) is 0 Å². The molecule has 1 aliphatic carbocycles. The van der Waals surface area contributed by atoms with Crippen LogP contribution in [0, 0.1) is 5.92 Å². The number of rotatable bonds is 7. The maximum absolute atomic E-state index is 6.46. The number of benzene rings is 2. The van der Waals surface area contributed by atoms with E-state index in [0.29, 0.717) is 18.4 Å². The first-order valence-corrected chi connectivity index (χ1v) is 10.3. The molecule has 1 saturated carbocycles. The molecule has 1 heterocycles. The predicted molar refractivity (Wildman–Crippen MR) is 117 cm³/mol. The molecule has 2 N–H and O–H groups in total. The van der Waals surface area contributed by atoms with Crippen LogP contribution >= 0.6 is 0 Å². The van der Waals surface area contributed by atoms with Crippen molar-refractivity contribution in [1.82, 2.24) is 4.98 Å². The Morgan fingerprint density at radius 2 is 1.96 bits per heavy atom. The molecular formula is C25H30N2O. The largest absolute Gasteiger partial charge is 0.491 e. The van der Waals surface area contributed by atoms with Crippen LogP contribution < -0.4 is 10.5 Å². The van der Waals surface area contributed by atoms with E-state index >= 15 is 0 Å². The van der Waals surface area contributed by atoms with Crippen LogP contribution in [0.4, 0.5) is 0 Å². The smallest absolute Gasteiger partial charge is 0.122 e. The molecule has 2 aromatic carbocycles. The van der Waals surface area contributed by atoms with E-state index in [1.165, 1.54) is 34.9 Å². The Balaban J connectivity index is 1.64. The molecule has 4 rings (SSSR count). The number of pyridine rings is 1. The molecule has 3 aromatic rings. The van der Waals surface area contributed by atoms with Crippen molar-refractivity contribution < 1.29 is 4.74 Å². The monoisotopic (exact) mass is 374 g/mol. The topological polar surface area (TPSA) is 48.1 Å². The van der Waals surface area contributed by atoms with Crippen molar-refractivity contribution in [3.05, 3.63) is 60.3 Å². The fraction of sp³-hybridized carbons (Fsp3) is 0.400. The van der Waals surface area contributed by atoms with Gasteiger partial charge in [0.2, 0.25) is 0 Å². The zero-order valence-corrected chi connectivity index (χ0v) is 17.1. The van der Waals surface area contributed by atoms with Gasteiger partial charge < -0.3 is 10.5 Å². The number of aromatic nitrogens is 1. The summed E-state index contributed by atoms with van der Waals surface area (Å²) in [4.78, 5) is 4.50. The van der Waals surface area contributed by atoms with Gasteiger partial charge in [0.15, 0.2) is 0 Å². The summed E-state index contributed by atoms with van der Waals surface area (Å²) in [6, 6.07) is 17.1. The zero-order valence-electron chi connectivity index (χ0n) is 17.1. The van der Waals surface area contributed by atoms with E-state index in [0.717, 1.165) is 17.7 Å². The molecule has 1 unspecified atom stereocenters. The van der Waals surface area contributed by atoms with E-state index in [9.17, 15) is 0 Å². The van der Waals surface area contributed by atoms with Crippen LogP contribution in [0.25, 0.3) is 22.0 Å². The van der Waals surface area contributed by atoms with Gasteiger partial charge in [-0.25, -0.2) is 0 Å². The Morgan fingerprint density at radius 1 is 1.14 bits per heavy atom. The number of hydrogen-bond donors (Lipinski definition) is 1. The Hall–Kier alpha value is -2.39. The molecule has 0 spiro atoms. The highest BCUT2D eigenvalue weighted by molar-refractivity contribution is 5.94. The van der Waals surface area contributed by atoms with Crippen LogP contribution in [0.3, 0.4) is 0 Å². The van der Waals surface area contributed by atoms with E-state index in [-0.39, 0.29) is 5.54 Å². The lowest BCUT2D eigenvalue weighted by atomic mass is 9.92. The summed E-state index contributed by atoms with van der Waals surface area (Å²) >= 11 is 0. The number of fused-ring (bicyclic) bond motifs is 1.